The largest absolute Gasteiger partial charge is 0.458 e. The van der Waals surface area contributed by atoms with Crippen molar-refractivity contribution in [3.63, 3.8) is 0 Å². The molecule has 2 aromatic carbocycles. The summed E-state index contributed by atoms with van der Waals surface area (Å²) in [6, 6.07) is 17.5. The van der Waals surface area contributed by atoms with E-state index in [0.29, 0.717) is 16.4 Å². The molecule has 6 nitrogen and oxygen atoms in total. The average molecular weight is 445 g/mol. The molecule has 0 unspecified atom stereocenters. The summed E-state index contributed by atoms with van der Waals surface area (Å²) in [5, 5.41) is 11.6. The zero-order valence-corrected chi connectivity index (χ0v) is 18.8. The number of rotatable bonds is 6. The van der Waals surface area contributed by atoms with E-state index in [1.54, 1.807) is 6.08 Å². The molecule has 2 N–H and O–H groups in total. The van der Waals surface area contributed by atoms with Crippen LogP contribution in [0.25, 0.3) is 16.9 Å². The number of nitrogens with one attached hydrogen (secondary N) is 2. The number of hydrogen-bond acceptors (Lipinski definition) is 4. The molecule has 0 radical (unpaired) electrons. The SMILES string of the molecule is C=CCOC(=O)C1=C(C)NC(=S)N[C@H]1c1cn(-c2ccccc2)nc1-c1ccc(C)cc1. The summed E-state index contributed by atoms with van der Waals surface area (Å²) in [5.74, 6) is -0.433. The van der Waals surface area contributed by atoms with Crippen LogP contribution in [-0.2, 0) is 9.53 Å². The van der Waals surface area contributed by atoms with Crippen LogP contribution in [0.3, 0.4) is 0 Å². The number of allylic oxidation sites excluding steroid dienone is 1. The van der Waals surface area contributed by atoms with Crippen LogP contribution < -0.4 is 10.6 Å². The minimum Gasteiger partial charge on any atom is -0.458 e. The molecule has 0 amide bonds. The second kappa shape index (κ2) is 9.20. The molecule has 2 heterocycles. The van der Waals surface area contributed by atoms with Crippen LogP contribution in [0.5, 0.6) is 0 Å². The Kier molecular flexibility index (Phi) is 6.18. The topological polar surface area (TPSA) is 68.2 Å². The number of thiocarbonyl (C=S) groups is 1. The maximum atomic E-state index is 12.9. The first-order valence-corrected chi connectivity index (χ1v) is 10.7. The van der Waals surface area contributed by atoms with Gasteiger partial charge in [-0.2, -0.15) is 5.10 Å². The lowest BCUT2D eigenvalue weighted by molar-refractivity contribution is -0.138. The van der Waals surface area contributed by atoms with Gasteiger partial charge >= 0.3 is 5.97 Å². The first kappa shape index (κ1) is 21.5. The number of carbonyl (C=O) groups excluding carboxylic acids is 1. The quantitative estimate of drug-likeness (QED) is 0.334. The molecular weight excluding hydrogens is 420 g/mol. The number of esters is 1. The fraction of sp³-hybridized carbons (Fsp3) is 0.160. The number of aromatic nitrogens is 2. The number of ether oxygens (including phenoxy) is 1. The van der Waals surface area contributed by atoms with Gasteiger partial charge in [0.1, 0.15) is 6.61 Å². The van der Waals surface area contributed by atoms with Crippen molar-refractivity contribution >= 4 is 23.3 Å². The highest BCUT2D eigenvalue weighted by Crippen LogP contribution is 2.35. The molecule has 0 spiro atoms. The molecule has 0 fully saturated rings. The number of aryl methyl sites for hydroxylation is 1. The van der Waals surface area contributed by atoms with E-state index in [2.05, 4.69) is 17.2 Å². The maximum Gasteiger partial charge on any atom is 0.338 e. The number of para-hydroxylation sites is 1. The zero-order valence-electron chi connectivity index (χ0n) is 18.0. The van der Waals surface area contributed by atoms with E-state index < -0.39 is 12.0 Å². The molecule has 7 heteroatoms. The molecule has 32 heavy (non-hydrogen) atoms. The van der Waals surface area contributed by atoms with Crippen molar-refractivity contribution in [2.24, 2.45) is 0 Å². The summed E-state index contributed by atoms with van der Waals surface area (Å²) >= 11 is 5.41. The van der Waals surface area contributed by atoms with E-state index in [-0.39, 0.29) is 6.61 Å². The summed E-state index contributed by atoms with van der Waals surface area (Å²) < 4.78 is 7.19. The molecule has 4 rings (SSSR count). The van der Waals surface area contributed by atoms with Gasteiger partial charge in [-0.05, 0) is 38.2 Å². The Balaban J connectivity index is 1.88. The standard InChI is InChI=1S/C25H24N4O2S/c1-4-14-31-24(30)21-17(3)26-25(32)27-23(21)20-15-29(19-8-6-5-7-9-19)28-22(20)18-12-10-16(2)11-13-18/h4-13,15,23H,1,14H2,2-3H3,(H2,26,27,32)/t23-/m0/s1. The van der Waals surface area contributed by atoms with Crippen LogP contribution in [-0.4, -0.2) is 27.5 Å². The molecule has 0 saturated heterocycles. The lowest BCUT2D eigenvalue weighted by Crippen LogP contribution is -2.45. The van der Waals surface area contributed by atoms with Crippen LogP contribution in [0.4, 0.5) is 0 Å². The van der Waals surface area contributed by atoms with Crippen LogP contribution in [0.15, 0.2) is 84.7 Å². The normalized spacial score (nSPS) is 15.7. The first-order chi connectivity index (χ1) is 15.5. The van der Waals surface area contributed by atoms with Crippen LogP contribution in [0.2, 0.25) is 0 Å². The predicted octanol–water partition coefficient (Wildman–Crippen LogP) is 4.37. The summed E-state index contributed by atoms with van der Waals surface area (Å²) in [5.41, 5.74) is 5.72. The number of carbonyl (C=O) groups is 1. The predicted molar refractivity (Wildman–Crippen MR) is 129 cm³/mol. The van der Waals surface area contributed by atoms with E-state index in [0.717, 1.165) is 28.1 Å². The highest BCUT2D eigenvalue weighted by atomic mass is 32.1. The summed E-state index contributed by atoms with van der Waals surface area (Å²) in [4.78, 5) is 12.9. The summed E-state index contributed by atoms with van der Waals surface area (Å²) in [6.07, 6.45) is 3.48. The minimum absolute atomic E-state index is 0.126. The van der Waals surface area contributed by atoms with E-state index in [4.69, 9.17) is 22.1 Å². The third-order valence-corrected chi connectivity index (χ3v) is 5.44. The van der Waals surface area contributed by atoms with Crippen molar-refractivity contribution in [3.05, 3.63) is 95.8 Å². The molecule has 1 aliphatic rings. The number of benzene rings is 2. The molecular formula is C25H24N4O2S. The number of nitrogens with zero attached hydrogens (tertiary/aromatic N) is 2. The summed E-state index contributed by atoms with van der Waals surface area (Å²) in [6.45, 7) is 7.61. The fourth-order valence-corrected chi connectivity index (χ4v) is 3.93. The van der Waals surface area contributed by atoms with Crippen molar-refractivity contribution in [1.82, 2.24) is 20.4 Å². The zero-order chi connectivity index (χ0) is 22.7. The van der Waals surface area contributed by atoms with Crippen molar-refractivity contribution in [2.75, 3.05) is 6.61 Å². The van der Waals surface area contributed by atoms with Gasteiger partial charge in [-0.3, -0.25) is 0 Å². The Morgan fingerprint density at radius 3 is 2.59 bits per heavy atom. The van der Waals surface area contributed by atoms with Crippen molar-refractivity contribution < 1.29 is 9.53 Å². The first-order valence-electron chi connectivity index (χ1n) is 10.3. The average Bonchev–Trinajstić information content (AvgIpc) is 3.23. The molecule has 3 aromatic rings. The summed E-state index contributed by atoms with van der Waals surface area (Å²) in [7, 11) is 0. The van der Waals surface area contributed by atoms with Crippen LogP contribution >= 0.6 is 12.2 Å². The van der Waals surface area contributed by atoms with Crippen molar-refractivity contribution in [3.8, 4) is 16.9 Å². The van der Waals surface area contributed by atoms with Gasteiger partial charge in [0, 0.05) is 23.0 Å². The molecule has 0 saturated carbocycles. The van der Waals surface area contributed by atoms with Crippen LogP contribution in [0, 0.1) is 6.92 Å². The molecule has 1 aromatic heterocycles. The minimum atomic E-state index is -0.519. The lowest BCUT2D eigenvalue weighted by atomic mass is 9.93. The van der Waals surface area contributed by atoms with Gasteiger partial charge in [0.25, 0.3) is 0 Å². The van der Waals surface area contributed by atoms with E-state index in [1.807, 2.05) is 79.3 Å². The van der Waals surface area contributed by atoms with E-state index in [9.17, 15) is 4.79 Å². The van der Waals surface area contributed by atoms with Gasteiger partial charge in [-0.25, -0.2) is 9.48 Å². The Hall–Kier alpha value is -3.71. The van der Waals surface area contributed by atoms with Crippen molar-refractivity contribution in [1.29, 1.82) is 0 Å². The Morgan fingerprint density at radius 2 is 1.91 bits per heavy atom. The molecule has 0 bridgehead atoms. The van der Waals surface area contributed by atoms with Gasteiger partial charge in [0.2, 0.25) is 0 Å². The Bertz CT molecular complexity index is 1200. The second-order valence-electron chi connectivity index (χ2n) is 7.54. The van der Waals surface area contributed by atoms with Gasteiger partial charge in [-0.15, -0.1) is 0 Å². The monoisotopic (exact) mass is 444 g/mol. The maximum absolute atomic E-state index is 12.9. The molecule has 1 atom stereocenters. The molecule has 0 aliphatic carbocycles. The smallest absolute Gasteiger partial charge is 0.338 e. The molecule has 1 aliphatic heterocycles. The van der Waals surface area contributed by atoms with Crippen LogP contribution in [0.1, 0.15) is 24.1 Å². The van der Waals surface area contributed by atoms with Gasteiger partial charge < -0.3 is 15.4 Å². The Labute approximate surface area is 192 Å². The van der Waals surface area contributed by atoms with E-state index in [1.165, 1.54) is 0 Å². The number of hydrogen-bond donors (Lipinski definition) is 2. The fourth-order valence-electron chi connectivity index (χ4n) is 3.66. The molecule has 162 valence electrons. The van der Waals surface area contributed by atoms with Gasteiger partial charge in [-0.1, -0.05) is 60.7 Å². The van der Waals surface area contributed by atoms with Gasteiger partial charge in [0.15, 0.2) is 5.11 Å². The Morgan fingerprint density at radius 1 is 1.19 bits per heavy atom. The lowest BCUT2D eigenvalue weighted by Gasteiger charge is -2.29. The highest BCUT2D eigenvalue weighted by molar-refractivity contribution is 7.80. The third-order valence-electron chi connectivity index (χ3n) is 5.22. The third kappa shape index (κ3) is 4.33. The van der Waals surface area contributed by atoms with E-state index >= 15 is 0 Å². The van der Waals surface area contributed by atoms with Gasteiger partial charge in [0.05, 0.1) is 23.0 Å². The van der Waals surface area contributed by atoms with Crippen molar-refractivity contribution in [2.45, 2.75) is 19.9 Å². The second-order valence-corrected chi connectivity index (χ2v) is 7.94. The highest BCUT2D eigenvalue weighted by Gasteiger charge is 2.34.